The van der Waals surface area contributed by atoms with Crippen molar-refractivity contribution in [1.82, 2.24) is 0 Å². The van der Waals surface area contributed by atoms with Crippen molar-refractivity contribution in [3.8, 4) is 5.75 Å². The molecule has 0 aliphatic carbocycles. The molecule has 0 unspecified atom stereocenters. The SMILES string of the molecule is COc1ccc(NS(=O)(=O)c2cc(NC(=O)c3ccccc3NS(=O)(=O)c3cccc(C(F)(F)F)c3)ccc2N2CCOCC2)cc1. The second kappa shape index (κ2) is 13.5. The number of sulfonamides is 2. The number of ether oxygens (including phenoxy) is 2. The number of carbonyl (C=O) groups is 1. The van der Waals surface area contributed by atoms with Crippen LogP contribution < -0.4 is 24.4 Å². The zero-order chi connectivity index (χ0) is 33.8. The normalized spacial score (nSPS) is 13.9. The Balaban J connectivity index is 1.44. The van der Waals surface area contributed by atoms with E-state index in [0.717, 1.165) is 18.2 Å². The molecule has 1 heterocycles. The van der Waals surface area contributed by atoms with E-state index in [-0.39, 0.29) is 27.5 Å². The molecular formula is C31H29F3N4O7S2. The van der Waals surface area contributed by atoms with Crippen LogP contribution >= 0.6 is 0 Å². The van der Waals surface area contributed by atoms with Gasteiger partial charge in [0.05, 0.1) is 47.7 Å². The third kappa shape index (κ3) is 7.96. The molecule has 1 amide bonds. The largest absolute Gasteiger partial charge is 0.497 e. The van der Waals surface area contributed by atoms with Crippen LogP contribution in [0.2, 0.25) is 0 Å². The average Bonchev–Trinajstić information content (AvgIpc) is 3.05. The third-order valence-corrected chi connectivity index (χ3v) is 9.86. The van der Waals surface area contributed by atoms with E-state index in [1.54, 1.807) is 18.2 Å². The fourth-order valence-corrected chi connectivity index (χ4v) is 7.19. The summed E-state index contributed by atoms with van der Waals surface area (Å²) in [5, 5.41) is 2.60. The minimum atomic E-state index is -4.77. The van der Waals surface area contributed by atoms with E-state index in [1.165, 1.54) is 55.6 Å². The van der Waals surface area contributed by atoms with Gasteiger partial charge in [-0.3, -0.25) is 14.2 Å². The maximum atomic E-state index is 13.7. The van der Waals surface area contributed by atoms with E-state index >= 15 is 0 Å². The Morgan fingerprint density at radius 2 is 1.49 bits per heavy atom. The molecule has 248 valence electrons. The van der Waals surface area contributed by atoms with Crippen LogP contribution in [0, 0.1) is 0 Å². The molecular weight excluding hydrogens is 661 g/mol. The highest BCUT2D eigenvalue weighted by Gasteiger charge is 2.32. The first-order chi connectivity index (χ1) is 22.3. The molecule has 11 nitrogen and oxygen atoms in total. The molecule has 0 radical (unpaired) electrons. The number of carbonyl (C=O) groups excluding carboxylic acids is 1. The van der Waals surface area contributed by atoms with Crippen molar-refractivity contribution in [2.75, 3.05) is 53.1 Å². The maximum Gasteiger partial charge on any atom is 0.416 e. The van der Waals surface area contributed by atoms with Gasteiger partial charge in [0, 0.05) is 24.5 Å². The van der Waals surface area contributed by atoms with Gasteiger partial charge in [-0.15, -0.1) is 0 Å². The summed E-state index contributed by atoms with van der Waals surface area (Å²) in [6, 6.07) is 19.3. The van der Waals surface area contributed by atoms with Gasteiger partial charge in [-0.2, -0.15) is 13.2 Å². The van der Waals surface area contributed by atoms with E-state index in [2.05, 4.69) is 14.8 Å². The summed E-state index contributed by atoms with van der Waals surface area (Å²) in [5.41, 5.74) is -0.795. The minimum Gasteiger partial charge on any atom is -0.497 e. The zero-order valence-electron chi connectivity index (χ0n) is 24.7. The van der Waals surface area contributed by atoms with Crippen LogP contribution in [0.5, 0.6) is 5.75 Å². The Morgan fingerprint density at radius 1 is 0.809 bits per heavy atom. The highest BCUT2D eigenvalue weighted by atomic mass is 32.2. The molecule has 47 heavy (non-hydrogen) atoms. The molecule has 16 heteroatoms. The van der Waals surface area contributed by atoms with Crippen molar-refractivity contribution in [2.24, 2.45) is 0 Å². The van der Waals surface area contributed by atoms with E-state index in [9.17, 15) is 34.8 Å². The number of para-hydroxylation sites is 1. The number of morpholine rings is 1. The second-order valence-corrected chi connectivity index (χ2v) is 13.6. The van der Waals surface area contributed by atoms with Gasteiger partial charge in [-0.05, 0) is 72.8 Å². The lowest BCUT2D eigenvalue weighted by Crippen LogP contribution is -2.37. The molecule has 3 N–H and O–H groups in total. The number of methoxy groups -OCH3 is 1. The summed E-state index contributed by atoms with van der Waals surface area (Å²) in [7, 11) is -7.27. The Bertz CT molecular complexity index is 1980. The number of halogens is 3. The van der Waals surface area contributed by atoms with E-state index < -0.39 is 42.6 Å². The van der Waals surface area contributed by atoms with Gasteiger partial charge in [0.25, 0.3) is 26.0 Å². The van der Waals surface area contributed by atoms with Gasteiger partial charge in [0.1, 0.15) is 10.6 Å². The van der Waals surface area contributed by atoms with Crippen LogP contribution in [0.25, 0.3) is 0 Å². The first-order valence-corrected chi connectivity index (χ1v) is 17.0. The second-order valence-electron chi connectivity index (χ2n) is 10.2. The summed E-state index contributed by atoms with van der Waals surface area (Å²) < 4.78 is 108. The molecule has 4 aromatic carbocycles. The lowest BCUT2D eigenvalue weighted by atomic mass is 10.1. The number of amides is 1. The molecule has 0 aromatic heterocycles. The zero-order valence-corrected chi connectivity index (χ0v) is 26.4. The third-order valence-electron chi connectivity index (χ3n) is 7.09. The fraction of sp³-hybridized carbons (Fsp3) is 0.194. The summed E-state index contributed by atoms with van der Waals surface area (Å²) in [4.78, 5) is 14.5. The van der Waals surface area contributed by atoms with Gasteiger partial charge in [0.15, 0.2) is 0 Å². The monoisotopic (exact) mass is 690 g/mol. The van der Waals surface area contributed by atoms with Gasteiger partial charge < -0.3 is 19.7 Å². The molecule has 5 rings (SSSR count). The summed E-state index contributed by atoms with van der Waals surface area (Å²) >= 11 is 0. The lowest BCUT2D eigenvalue weighted by molar-refractivity contribution is -0.137. The Kier molecular flexibility index (Phi) is 9.65. The van der Waals surface area contributed by atoms with Crippen LogP contribution in [0.15, 0.2) is 101 Å². The summed E-state index contributed by atoms with van der Waals surface area (Å²) in [6.45, 7) is 1.63. The van der Waals surface area contributed by atoms with E-state index in [4.69, 9.17) is 9.47 Å². The maximum absolute atomic E-state index is 13.7. The quantitative estimate of drug-likeness (QED) is 0.201. The molecule has 0 atom stereocenters. The minimum absolute atomic E-state index is 0.0812. The molecule has 1 aliphatic heterocycles. The van der Waals surface area contributed by atoms with Crippen LogP contribution in [0.1, 0.15) is 15.9 Å². The Labute approximate surface area is 269 Å². The topological polar surface area (TPSA) is 143 Å². The molecule has 1 aliphatic rings. The predicted octanol–water partition coefficient (Wildman–Crippen LogP) is 5.40. The van der Waals surface area contributed by atoms with Crippen molar-refractivity contribution in [1.29, 1.82) is 0 Å². The lowest BCUT2D eigenvalue weighted by Gasteiger charge is -2.30. The van der Waals surface area contributed by atoms with Crippen molar-refractivity contribution < 1.29 is 44.3 Å². The molecule has 0 saturated carbocycles. The number of nitrogens with zero attached hydrogens (tertiary/aromatic N) is 1. The fourth-order valence-electron chi connectivity index (χ4n) is 4.75. The number of hydrogen-bond donors (Lipinski definition) is 3. The van der Waals surface area contributed by atoms with Gasteiger partial charge in [0.2, 0.25) is 0 Å². The van der Waals surface area contributed by atoms with Crippen LogP contribution in [0.3, 0.4) is 0 Å². The number of hydrogen-bond acceptors (Lipinski definition) is 8. The number of rotatable bonds is 10. The van der Waals surface area contributed by atoms with Gasteiger partial charge in [-0.1, -0.05) is 18.2 Å². The van der Waals surface area contributed by atoms with Crippen molar-refractivity contribution >= 4 is 48.7 Å². The molecule has 1 fully saturated rings. The Hall–Kier alpha value is -4.80. The van der Waals surface area contributed by atoms with E-state index in [0.29, 0.717) is 43.8 Å². The van der Waals surface area contributed by atoms with Crippen LogP contribution in [-0.4, -0.2) is 56.2 Å². The predicted molar refractivity (Wildman–Crippen MR) is 170 cm³/mol. The highest BCUT2D eigenvalue weighted by molar-refractivity contribution is 7.93. The van der Waals surface area contributed by atoms with Crippen molar-refractivity contribution in [2.45, 2.75) is 16.0 Å². The first kappa shape index (κ1) is 33.6. The number of benzene rings is 4. The summed E-state index contributed by atoms with van der Waals surface area (Å²) in [6.07, 6.45) is -4.77. The number of nitrogens with one attached hydrogen (secondary N) is 3. The van der Waals surface area contributed by atoms with Crippen molar-refractivity contribution in [3.05, 3.63) is 102 Å². The van der Waals surface area contributed by atoms with Gasteiger partial charge in [-0.25, -0.2) is 16.8 Å². The molecule has 0 spiro atoms. The number of anilines is 4. The van der Waals surface area contributed by atoms with Crippen LogP contribution in [0.4, 0.5) is 35.9 Å². The van der Waals surface area contributed by atoms with Crippen molar-refractivity contribution in [3.63, 3.8) is 0 Å². The molecule has 1 saturated heterocycles. The molecule has 0 bridgehead atoms. The summed E-state index contributed by atoms with van der Waals surface area (Å²) in [5.74, 6) is -0.276. The average molecular weight is 691 g/mol. The smallest absolute Gasteiger partial charge is 0.416 e. The highest BCUT2D eigenvalue weighted by Crippen LogP contribution is 2.33. The molecule has 4 aromatic rings. The van der Waals surface area contributed by atoms with Gasteiger partial charge >= 0.3 is 6.18 Å². The Morgan fingerprint density at radius 3 is 2.17 bits per heavy atom. The number of alkyl halides is 3. The standard InChI is InChI=1S/C31H29F3N4O7S2/c1-44-24-12-9-22(10-13-24)36-47(42,43)29-20-23(11-14-28(29)38-15-17-45-18-16-38)35-30(39)26-7-2-3-8-27(26)37-46(40,41)25-6-4-5-21(19-25)31(32,33)34/h2-14,19-20,36-37H,15-18H2,1H3,(H,35,39). The first-order valence-electron chi connectivity index (χ1n) is 14.0. The van der Waals surface area contributed by atoms with Crippen LogP contribution in [-0.2, 0) is 31.0 Å². The van der Waals surface area contributed by atoms with E-state index in [1.807, 2.05) is 4.90 Å².